The maximum atomic E-state index is 13.3. The maximum absolute atomic E-state index is 13.3. The summed E-state index contributed by atoms with van der Waals surface area (Å²) in [6, 6.07) is 2.78. The molecule has 124 valence electrons. The molecule has 1 unspecified atom stereocenters. The van der Waals surface area contributed by atoms with Crippen LogP contribution < -0.4 is 11.1 Å². The molecule has 7 nitrogen and oxygen atoms in total. The molecule has 10 heteroatoms. The Bertz CT molecular complexity index is 908. The normalized spacial score (nSPS) is 11.6. The van der Waals surface area contributed by atoms with Crippen LogP contribution in [0.25, 0.3) is 11.0 Å². The molecule has 1 amide bonds. The molecule has 0 fully saturated rings. The van der Waals surface area contributed by atoms with Gasteiger partial charge in [0.15, 0.2) is 5.69 Å². The minimum Gasteiger partial charge on any atom is -0.396 e. The molecule has 0 saturated carbocycles. The Hall–Kier alpha value is -2.67. The summed E-state index contributed by atoms with van der Waals surface area (Å²) in [6.45, 7) is 0.0524. The molecular weight excluding hydrogens is 337 g/mol. The van der Waals surface area contributed by atoms with Gasteiger partial charge in [-0.15, -0.1) is 0 Å². The van der Waals surface area contributed by atoms with Crippen molar-refractivity contribution >= 4 is 31.9 Å². The summed E-state index contributed by atoms with van der Waals surface area (Å²) < 4.78 is 26.5. The van der Waals surface area contributed by atoms with Gasteiger partial charge in [-0.25, -0.2) is 9.97 Å². The summed E-state index contributed by atoms with van der Waals surface area (Å²) in [4.78, 5) is 26.7. The summed E-state index contributed by atoms with van der Waals surface area (Å²) in [5, 5.41) is 2.63. The highest BCUT2D eigenvalue weighted by atomic mass is 31.0. The lowest BCUT2D eigenvalue weighted by atomic mass is 10.2. The molecule has 3 aromatic heterocycles. The average Bonchev–Trinajstić information content (AvgIpc) is 2.93. The smallest absolute Gasteiger partial charge is 0.300 e. The van der Waals surface area contributed by atoms with Crippen LogP contribution in [0.4, 0.5) is 14.5 Å². The van der Waals surface area contributed by atoms with Gasteiger partial charge < -0.3 is 16.0 Å². The highest BCUT2D eigenvalue weighted by Gasteiger charge is 2.26. The van der Waals surface area contributed by atoms with Crippen molar-refractivity contribution in [3.8, 4) is 0 Å². The van der Waals surface area contributed by atoms with Gasteiger partial charge in [0.2, 0.25) is 0 Å². The second kappa shape index (κ2) is 6.09. The summed E-state index contributed by atoms with van der Waals surface area (Å²) >= 11 is 0. The maximum Gasteiger partial charge on any atom is 0.300 e. The van der Waals surface area contributed by atoms with Gasteiger partial charge in [0.1, 0.15) is 17.5 Å². The van der Waals surface area contributed by atoms with Crippen molar-refractivity contribution < 1.29 is 13.6 Å². The number of carbonyl (C=O) groups is 1. The van der Waals surface area contributed by atoms with E-state index in [1.54, 1.807) is 6.07 Å². The minimum atomic E-state index is -3.12. The number of alkyl halides is 2. The molecule has 0 aliphatic carbocycles. The van der Waals surface area contributed by atoms with Crippen LogP contribution >= 0.6 is 9.24 Å². The number of halogens is 2. The largest absolute Gasteiger partial charge is 0.396 e. The van der Waals surface area contributed by atoms with E-state index in [0.717, 1.165) is 0 Å². The Labute approximate surface area is 137 Å². The highest BCUT2D eigenvalue weighted by molar-refractivity contribution is 7.17. The van der Waals surface area contributed by atoms with E-state index in [4.69, 9.17) is 5.73 Å². The summed E-state index contributed by atoms with van der Waals surface area (Å²) in [5.41, 5.74) is 4.11. The van der Waals surface area contributed by atoms with Gasteiger partial charge in [0, 0.05) is 18.9 Å². The van der Waals surface area contributed by atoms with Crippen LogP contribution in [0.1, 0.15) is 21.7 Å². The zero-order chi connectivity index (χ0) is 17.3. The zero-order valence-corrected chi connectivity index (χ0v) is 13.4. The Morgan fingerprint density at radius 1 is 1.38 bits per heavy atom. The van der Waals surface area contributed by atoms with Crippen LogP contribution in [0.2, 0.25) is 0 Å². The van der Waals surface area contributed by atoms with Crippen molar-refractivity contribution in [1.29, 1.82) is 0 Å². The molecule has 0 aliphatic heterocycles. The third-order valence-corrected chi connectivity index (χ3v) is 3.62. The van der Waals surface area contributed by atoms with Gasteiger partial charge in [0.05, 0.1) is 11.2 Å². The van der Waals surface area contributed by atoms with E-state index < -0.39 is 11.6 Å². The summed E-state index contributed by atoms with van der Waals surface area (Å²) in [6.07, 6.45) is 4.02. The number of nitrogens with zero attached hydrogens (tertiary/aromatic N) is 3. The van der Waals surface area contributed by atoms with E-state index >= 15 is 0 Å². The fraction of sp³-hybridized carbons (Fsp3) is 0.143. The van der Waals surface area contributed by atoms with Crippen molar-refractivity contribution in [2.75, 3.05) is 5.73 Å². The number of nitrogens with two attached hydrogens (primary N) is 1. The Balaban J connectivity index is 1.78. The monoisotopic (exact) mass is 350 g/mol. The number of anilines is 1. The molecule has 1 atom stereocenters. The number of hydrogen-bond donors (Lipinski definition) is 3. The number of aromatic amines is 1. The van der Waals surface area contributed by atoms with Crippen molar-refractivity contribution in [3.05, 3.63) is 47.8 Å². The first kappa shape index (κ1) is 16.2. The number of amides is 1. The molecule has 0 spiro atoms. The molecule has 3 rings (SSSR count). The first-order valence-corrected chi connectivity index (χ1v) is 7.42. The first-order chi connectivity index (χ1) is 11.4. The van der Waals surface area contributed by atoms with Gasteiger partial charge in [-0.1, -0.05) is 9.24 Å². The summed E-state index contributed by atoms with van der Waals surface area (Å²) in [7, 11) is 1.43. The fourth-order valence-corrected chi connectivity index (χ4v) is 2.32. The number of hydrogen-bond acceptors (Lipinski definition) is 5. The van der Waals surface area contributed by atoms with E-state index in [1.165, 1.54) is 34.0 Å². The van der Waals surface area contributed by atoms with Crippen LogP contribution in [0, 0.1) is 0 Å². The van der Waals surface area contributed by atoms with Gasteiger partial charge in [-0.3, -0.25) is 9.78 Å². The lowest BCUT2D eigenvalue weighted by molar-refractivity contribution is 0.0947. The molecule has 4 N–H and O–H groups in total. The van der Waals surface area contributed by atoms with E-state index in [0.29, 0.717) is 22.3 Å². The third kappa shape index (κ3) is 3.16. The summed E-state index contributed by atoms with van der Waals surface area (Å²) in [5.74, 6) is -0.472. The zero-order valence-electron chi connectivity index (χ0n) is 12.3. The van der Waals surface area contributed by atoms with E-state index in [1.807, 2.05) is 0 Å². The number of aromatic nitrogens is 4. The molecule has 0 bridgehead atoms. The SMILES string of the molecule is Nc1c[nH]c2c(C(=O)NCc3ccnc(C(F)(F)P)c3)ncnc12. The minimum absolute atomic E-state index is 0.0524. The van der Waals surface area contributed by atoms with Crippen molar-refractivity contribution in [2.45, 2.75) is 12.2 Å². The number of fused-ring (bicyclic) bond motifs is 1. The Kier molecular flexibility index (Phi) is 4.11. The lowest BCUT2D eigenvalue weighted by Gasteiger charge is -2.11. The number of rotatable bonds is 4. The van der Waals surface area contributed by atoms with Gasteiger partial charge in [-0.2, -0.15) is 8.78 Å². The molecule has 0 aliphatic rings. The highest BCUT2D eigenvalue weighted by Crippen LogP contribution is 2.33. The number of carbonyl (C=O) groups excluding carboxylic acids is 1. The average molecular weight is 350 g/mol. The molecular formula is C14H13F2N6OP. The lowest BCUT2D eigenvalue weighted by Crippen LogP contribution is -2.24. The molecule has 0 aromatic carbocycles. The van der Waals surface area contributed by atoms with Crippen LogP contribution in [0.5, 0.6) is 0 Å². The van der Waals surface area contributed by atoms with E-state index in [2.05, 4.69) is 25.3 Å². The predicted octanol–water partition coefficient (Wildman–Crippen LogP) is 1.79. The first-order valence-electron chi connectivity index (χ1n) is 6.84. The third-order valence-electron chi connectivity index (χ3n) is 3.33. The molecule has 3 aromatic rings. The van der Waals surface area contributed by atoms with Gasteiger partial charge in [0.25, 0.3) is 11.6 Å². The Morgan fingerprint density at radius 3 is 2.92 bits per heavy atom. The number of pyridine rings is 1. The van der Waals surface area contributed by atoms with E-state index in [-0.39, 0.29) is 17.9 Å². The molecule has 0 saturated heterocycles. The van der Waals surface area contributed by atoms with Crippen molar-refractivity contribution in [1.82, 2.24) is 25.3 Å². The fourth-order valence-electron chi connectivity index (χ4n) is 2.16. The van der Waals surface area contributed by atoms with Crippen molar-refractivity contribution in [3.63, 3.8) is 0 Å². The van der Waals surface area contributed by atoms with Crippen LogP contribution in [-0.2, 0) is 12.2 Å². The quantitative estimate of drug-likeness (QED) is 0.622. The predicted molar refractivity (Wildman–Crippen MR) is 87.3 cm³/mol. The van der Waals surface area contributed by atoms with Gasteiger partial charge in [-0.05, 0) is 17.7 Å². The van der Waals surface area contributed by atoms with Crippen molar-refractivity contribution in [2.24, 2.45) is 0 Å². The Morgan fingerprint density at radius 2 is 2.17 bits per heavy atom. The van der Waals surface area contributed by atoms with Crippen LogP contribution in [0.15, 0.2) is 30.9 Å². The molecule has 3 heterocycles. The van der Waals surface area contributed by atoms with Crippen LogP contribution in [-0.4, -0.2) is 25.8 Å². The second-order valence-corrected chi connectivity index (χ2v) is 5.77. The number of nitrogens with one attached hydrogen (secondary N) is 2. The van der Waals surface area contributed by atoms with Gasteiger partial charge >= 0.3 is 0 Å². The topological polar surface area (TPSA) is 110 Å². The number of nitrogen functional groups attached to an aromatic ring is 1. The van der Waals surface area contributed by atoms with Crippen LogP contribution in [0.3, 0.4) is 0 Å². The van der Waals surface area contributed by atoms with E-state index in [9.17, 15) is 13.6 Å². The molecule has 24 heavy (non-hydrogen) atoms. The standard InChI is InChI=1S/C14H13F2N6OP/c15-14(16,24)9-3-7(1-2-18-9)4-20-13(23)12-11-10(21-6-22-12)8(17)5-19-11/h1-3,5-6,19H,4,17,24H2,(H,20,23). The number of H-pyrrole nitrogens is 1. The second-order valence-electron chi connectivity index (χ2n) is 5.04. The molecule has 0 radical (unpaired) electrons.